The number of hydrogen-bond acceptors (Lipinski definition) is 17. The minimum Gasteiger partial charge on any atom is -0.506 e. The third kappa shape index (κ3) is 18.6. The Morgan fingerprint density at radius 1 is 0.440 bits per heavy atom. The molecule has 12 rings (SSSR count). The number of ketones is 3. The molecule has 6 heterocycles. The largest absolute Gasteiger partial charge is 0.506 e. The smallest absolute Gasteiger partial charge is 0.227 e. The van der Waals surface area contributed by atoms with E-state index in [0.29, 0.717) is 68.6 Å². The summed E-state index contributed by atoms with van der Waals surface area (Å²) in [4.78, 5) is 69.0. The minimum absolute atomic E-state index is 0.0382. The predicted molar refractivity (Wildman–Crippen MR) is 389 cm³/mol. The highest BCUT2D eigenvalue weighted by atomic mass is 19.1. The van der Waals surface area contributed by atoms with E-state index in [1.165, 1.54) is 74.6 Å². The quantitative estimate of drug-likeness (QED) is 0.0283. The second-order valence-corrected chi connectivity index (χ2v) is 24.9. The van der Waals surface area contributed by atoms with Gasteiger partial charge >= 0.3 is 0 Å². The normalized spacial score (nSPS) is 13.5. The summed E-state index contributed by atoms with van der Waals surface area (Å²) in [7, 11) is 1.69. The lowest BCUT2D eigenvalue weighted by Crippen LogP contribution is -2.30. The van der Waals surface area contributed by atoms with E-state index >= 15 is 0 Å². The molecule has 3 fully saturated rings. The van der Waals surface area contributed by atoms with Crippen LogP contribution in [0.25, 0.3) is 33.8 Å². The molecule has 0 bridgehead atoms. The van der Waals surface area contributed by atoms with Crippen LogP contribution in [0.2, 0.25) is 0 Å². The van der Waals surface area contributed by atoms with E-state index in [4.69, 9.17) is 9.72 Å². The van der Waals surface area contributed by atoms with Gasteiger partial charge in [0.1, 0.15) is 34.8 Å². The summed E-state index contributed by atoms with van der Waals surface area (Å²) in [5.41, 5.74) is 12.2. The molecule has 21 heteroatoms. The Kier molecular flexibility index (Phi) is 24.3. The zero-order valence-electron chi connectivity index (χ0n) is 56.8. The van der Waals surface area contributed by atoms with Gasteiger partial charge in [0.05, 0.1) is 41.3 Å². The number of methoxy groups -OCH3 is 1. The van der Waals surface area contributed by atoms with Crippen molar-refractivity contribution in [1.82, 2.24) is 29.9 Å². The number of piperidine rings is 3. The molecule has 0 saturated carbocycles. The van der Waals surface area contributed by atoms with Gasteiger partial charge in [-0.2, -0.15) is 0 Å². The number of aromatic nitrogens is 6. The van der Waals surface area contributed by atoms with Gasteiger partial charge in [-0.1, -0.05) is 19.7 Å². The molecule has 9 aromatic rings. The number of nitrogens with zero attached hydrogens (tertiary/aromatic N) is 9. The highest BCUT2D eigenvalue weighted by molar-refractivity contribution is 5.92. The molecule has 17 nitrogen and oxygen atoms in total. The Morgan fingerprint density at radius 3 is 1.13 bits per heavy atom. The number of rotatable bonds is 22. The van der Waals surface area contributed by atoms with E-state index in [-0.39, 0.29) is 53.7 Å². The van der Waals surface area contributed by atoms with Crippen molar-refractivity contribution in [1.29, 1.82) is 0 Å². The van der Waals surface area contributed by atoms with E-state index in [1.807, 2.05) is 39.0 Å². The van der Waals surface area contributed by atoms with Gasteiger partial charge in [-0.15, -0.1) is 0 Å². The summed E-state index contributed by atoms with van der Waals surface area (Å²) in [5.74, 6) is -0.0358. The molecule has 516 valence electrons. The molecule has 0 amide bonds. The fourth-order valence-corrected chi connectivity index (χ4v) is 12.2. The number of allylic oxidation sites excluding steroid dienone is 3. The van der Waals surface area contributed by atoms with Gasteiger partial charge in [-0.05, 0) is 239 Å². The molecule has 3 aromatic heterocycles. The number of halogens is 4. The third-order valence-corrected chi connectivity index (χ3v) is 17.6. The van der Waals surface area contributed by atoms with Crippen molar-refractivity contribution in [3.05, 3.63) is 222 Å². The first-order chi connectivity index (χ1) is 48.4. The lowest BCUT2D eigenvalue weighted by atomic mass is 10.0. The number of nitrogens with one attached hydrogen (secondary N) is 3. The van der Waals surface area contributed by atoms with Gasteiger partial charge in [0.25, 0.3) is 0 Å². The van der Waals surface area contributed by atoms with Crippen LogP contribution in [0, 0.1) is 44.0 Å². The van der Waals surface area contributed by atoms with Crippen molar-refractivity contribution in [3.63, 3.8) is 0 Å². The summed E-state index contributed by atoms with van der Waals surface area (Å²) >= 11 is 0. The first-order valence-electron chi connectivity index (χ1n) is 33.6. The van der Waals surface area contributed by atoms with Crippen LogP contribution < -0.4 is 35.4 Å². The Morgan fingerprint density at radius 2 is 0.760 bits per heavy atom. The maximum absolute atomic E-state index is 14.5. The van der Waals surface area contributed by atoms with Gasteiger partial charge in [-0.3, -0.25) is 14.4 Å². The molecular weight excluding hydrogens is 1270 g/mol. The number of anilines is 9. The number of phenolic OH excluding ortho intramolecular Hbond substituents is 1. The van der Waals surface area contributed by atoms with Crippen LogP contribution in [-0.2, 0) is 33.6 Å². The number of benzene rings is 6. The Hall–Kier alpha value is -11.1. The molecule has 0 radical (unpaired) electrons. The molecule has 0 spiro atoms. The molecule has 0 atom stereocenters. The van der Waals surface area contributed by atoms with E-state index in [1.54, 1.807) is 86.4 Å². The van der Waals surface area contributed by atoms with Crippen LogP contribution in [0.5, 0.6) is 11.5 Å². The van der Waals surface area contributed by atoms with Gasteiger partial charge < -0.3 is 40.5 Å². The Balaban J connectivity index is 0.000000162. The summed E-state index contributed by atoms with van der Waals surface area (Å²) in [6.45, 7) is 21.5. The molecule has 3 saturated heterocycles. The Labute approximate surface area is 580 Å². The highest BCUT2D eigenvalue weighted by Crippen LogP contribution is 2.37. The van der Waals surface area contributed by atoms with Gasteiger partial charge in [-0.25, -0.2) is 47.5 Å². The number of phenols is 1. The van der Waals surface area contributed by atoms with Crippen LogP contribution in [0.4, 0.5) is 69.5 Å². The zero-order chi connectivity index (χ0) is 70.8. The average Bonchev–Trinajstić information content (AvgIpc) is 0.824. The summed E-state index contributed by atoms with van der Waals surface area (Å²) in [5, 5.41) is 20.0. The van der Waals surface area contributed by atoms with Crippen LogP contribution in [0.1, 0.15) is 91.2 Å². The van der Waals surface area contributed by atoms with Crippen molar-refractivity contribution in [2.45, 2.75) is 97.8 Å². The predicted octanol–water partition coefficient (Wildman–Crippen LogP) is 16.7. The number of ether oxygens (including phenoxy) is 1. The summed E-state index contributed by atoms with van der Waals surface area (Å²) < 4.78 is 62.7. The van der Waals surface area contributed by atoms with E-state index < -0.39 is 17.5 Å². The number of carbonyl (C=O) groups is 3. The van der Waals surface area contributed by atoms with Crippen molar-refractivity contribution < 1.29 is 41.8 Å². The number of carbonyl (C=O) groups excluding carboxylic acids is 3. The number of aryl methyl sites for hydroxylation is 3. The monoisotopic (exact) mass is 1350 g/mol. The zero-order valence-corrected chi connectivity index (χ0v) is 56.8. The first kappa shape index (κ1) is 71.7. The van der Waals surface area contributed by atoms with Crippen molar-refractivity contribution in [3.8, 4) is 45.3 Å². The van der Waals surface area contributed by atoms with Crippen LogP contribution >= 0.6 is 0 Å². The van der Waals surface area contributed by atoms with E-state index in [2.05, 4.69) is 81.4 Å². The lowest BCUT2D eigenvalue weighted by Gasteiger charge is -2.30. The molecule has 0 unspecified atom stereocenters. The van der Waals surface area contributed by atoms with Gasteiger partial charge in [0.15, 0.2) is 17.3 Å². The summed E-state index contributed by atoms with van der Waals surface area (Å²) in [6.07, 6.45) is 18.9. The maximum atomic E-state index is 14.5. The molecule has 6 aromatic carbocycles. The second-order valence-electron chi connectivity index (χ2n) is 24.9. The van der Waals surface area contributed by atoms with Gasteiger partial charge in [0.2, 0.25) is 17.8 Å². The van der Waals surface area contributed by atoms with Crippen molar-refractivity contribution in [2.75, 3.05) is 77.0 Å². The molecular formula is C79H82F4N12O5. The van der Waals surface area contributed by atoms with Gasteiger partial charge in [0, 0.05) is 111 Å². The van der Waals surface area contributed by atoms with Crippen molar-refractivity contribution >= 4 is 69.3 Å². The standard InChI is InChI=1S/C27H29FN4O2.C26H26F2N4O.C26H27FN4O2/c1-4-22(33)15-20-14-19(8-10-23(20)28)26-18(2)17-29-27(31-26)30-21-9-11-25(34-3)24(16-21)32-12-6-5-7-13-32;1-3-21(33)14-19-13-18(7-9-22(19)27)25-17(2)16-29-26(31-25)30-20-8-10-23(28)24(15-20)32-11-5-4-6-12-32;1-3-21(32)14-19-13-18(7-9-22(19)27)25-17(2)16-28-26(30-25)29-20-8-10-24(33)23(15-20)31-11-5-4-6-12-31/h4,8-11,14,16-17H,1,5-7,12-13,15H2,2-3H3,(H,29,30,31);3,7-10,13,15-16H,1,4-6,11-12,14H2,2H3,(H,29,30,31);3,7-10,13,15-16,33H,1,4-6,11-12,14H2,2H3,(H,28,29,30). The van der Waals surface area contributed by atoms with E-state index in [9.17, 15) is 37.1 Å². The molecule has 3 aliphatic heterocycles. The first-order valence-corrected chi connectivity index (χ1v) is 33.6. The molecule has 4 N–H and O–H groups in total. The Bertz CT molecular complexity index is 4290. The molecule has 0 aliphatic carbocycles. The molecule has 3 aliphatic rings. The number of aromatic hydroxyl groups is 1. The van der Waals surface area contributed by atoms with E-state index in [0.717, 1.165) is 116 Å². The SMILES string of the molecule is C=CC(=O)Cc1cc(-c2nc(Nc3ccc(F)c(N4CCCCC4)c3)ncc2C)ccc1F.C=CC(=O)Cc1cc(-c2nc(Nc3ccc(O)c(N4CCCCC4)c3)ncc2C)ccc1F.C=CC(=O)Cc1cc(-c2nc(Nc3ccc(OC)c(N4CCCCC4)c3)ncc2C)ccc1F. The van der Waals surface area contributed by atoms with Crippen LogP contribution in [-0.4, -0.2) is 98.7 Å². The van der Waals surface area contributed by atoms with Crippen LogP contribution in [0.15, 0.2) is 166 Å². The minimum atomic E-state index is -0.449. The number of hydrogen-bond donors (Lipinski definition) is 4. The molecule has 100 heavy (non-hydrogen) atoms. The van der Waals surface area contributed by atoms with Crippen LogP contribution in [0.3, 0.4) is 0 Å². The lowest BCUT2D eigenvalue weighted by molar-refractivity contribution is -0.114. The van der Waals surface area contributed by atoms with Crippen molar-refractivity contribution in [2.24, 2.45) is 0 Å². The fourth-order valence-electron chi connectivity index (χ4n) is 12.2. The summed E-state index contributed by atoms with van der Waals surface area (Å²) in [6, 6.07) is 30.1. The highest BCUT2D eigenvalue weighted by Gasteiger charge is 2.22. The topological polar surface area (TPSA) is 204 Å². The average molecular weight is 1360 g/mol. The second kappa shape index (κ2) is 33.9. The maximum Gasteiger partial charge on any atom is 0.227 e. The third-order valence-electron chi connectivity index (χ3n) is 17.6. The fraction of sp³-hybridized carbons (Fsp3) is 0.278.